The van der Waals surface area contributed by atoms with Gasteiger partial charge >= 0.3 is 0 Å². The standard InChI is InChI=1S/C12H13Br4/c1-3-4-7(2)5-8-6-9(13)11(15)12(16)10(8)14/h7H,3-5H2,1-2H3. The van der Waals surface area contributed by atoms with Crippen LogP contribution in [0.1, 0.15) is 32.3 Å². The fraction of sp³-hybridized carbons (Fsp3) is 0.500. The first kappa shape index (κ1) is 15.2. The Morgan fingerprint density at radius 3 is 2.25 bits per heavy atom. The lowest BCUT2D eigenvalue weighted by molar-refractivity contribution is 0.521. The van der Waals surface area contributed by atoms with Crippen molar-refractivity contribution in [2.75, 3.05) is 0 Å². The van der Waals surface area contributed by atoms with Crippen molar-refractivity contribution in [3.63, 3.8) is 0 Å². The van der Waals surface area contributed by atoms with Gasteiger partial charge in [-0.3, -0.25) is 0 Å². The molecule has 0 fully saturated rings. The summed E-state index contributed by atoms with van der Waals surface area (Å²) in [5, 5.41) is 0. The second kappa shape index (κ2) is 6.91. The second-order valence-electron chi connectivity index (χ2n) is 3.96. The first-order valence-corrected chi connectivity index (χ1v) is 8.38. The van der Waals surface area contributed by atoms with E-state index in [1.54, 1.807) is 0 Å². The summed E-state index contributed by atoms with van der Waals surface area (Å²) in [6, 6.07) is 3.37. The minimum absolute atomic E-state index is 0.692. The Balaban J connectivity index is 2.97. The fourth-order valence-electron chi connectivity index (χ4n) is 1.65. The highest BCUT2D eigenvalue weighted by Crippen LogP contribution is 2.39. The molecule has 0 aliphatic heterocycles. The Labute approximate surface area is 131 Å². The van der Waals surface area contributed by atoms with Gasteiger partial charge in [-0.05, 0) is 81.6 Å². The van der Waals surface area contributed by atoms with E-state index in [4.69, 9.17) is 0 Å². The number of benzene rings is 1. The van der Waals surface area contributed by atoms with Crippen LogP contribution in [-0.2, 0) is 6.42 Å². The summed E-state index contributed by atoms with van der Waals surface area (Å²) >= 11 is 14.2. The molecule has 1 atom stereocenters. The molecule has 0 saturated heterocycles. The summed E-state index contributed by atoms with van der Waals surface area (Å²) in [6.45, 7) is 4.51. The van der Waals surface area contributed by atoms with E-state index in [-0.39, 0.29) is 0 Å². The van der Waals surface area contributed by atoms with Crippen LogP contribution >= 0.6 is 63.7 Å². The SMILES string of the molecule is CCCC(C)Cc1[c]c(Br)c(Br)c(Br)c1Br. The van der Waals surface area contributed by atoms with Crippen LogP contribution in [0.4, 0.5) is 0 Å². The van der Waals surface area contributed by atoms with Crippen molar-refractivity contribution in [1.82, 2.24) is 0 Å². The molecule has 89 valence electrons. The lowest BCUT2D eigenvalue weighted by atomic mass is 9.97. The Hall–Kier alpha value is 1.14. The molecule has 0 aliphatic rings. The molecule has 0 aliphatic carbocycles. The molecule has 0 N–H and O–H groups in total. The number of rotatable bonds is 4. The van der Waals surface area contributed by atoms with Gasteiger partial charge in [0, 0.05) is 24.0 Å². The van der Waals surface area contributed by atoms with Crippen LogP contribution in [-0.4, -0.2) is 0 Å². The zero-order valence-electron chi connectivity index (χ0n) is 9.21. The molecule has 0 bridgehead atoms. The van der Waals surface area contributed by atoms with E-state index in [0.29, 0.717) is 5.92 Å². The van der Waals surface area contributed by atoms with Gasteiger partial charge in [-0.2, -0.15) is 0 Å². The van der Waals surface area contributed by atoms with Crippen molar-refractivity contribution in [1.29, 1.82) is 0 Å². The van der Waals surface area contributed by atoms with E-state index in [1.165, 1.54) is 18.4 Å². The molecule has 0 amide bonds. The van der Waals surface area contributed by atoms with Crippen molar-refractivity contribution in [2.45, 2.75) is 33.1 Å². The molecule has 1 rings (SSSR count). The highest BCUT2D eigenvalue weighted by atomic mass is 79.9. The Kier molecular flexibility index (Phi) is 6.56. The molecule has 0 heterocycles. The molecule has 0 spiro atoms. The van der Waals surface area contributed by atoms with Crippen LogP contribution in [0.5, 0.6) is 0 Å². The third-order valence-corrected chi connectivity index (χ3v) is 7.09. The highest BCUT2D eigenvalue weighted by Gasteiger charge is 2.14. The number of hydrogen-bond donors (Lipinski definition) is 0. The van der Waals surface area contributed by atoms with Crippen LogP contribution in [0, 0.1) is 12.0 Å². The molecule has 0 aromatic heterocycles. The van der Waals surface area contributed by atoms with Gasteiger partial charge in [0.05, 0.1) is 0 Å². The Bertz CT molecular complexity index is 374. The minimum Gasteiger partial charge on any atom is -0.0654 e. The van der Waals surface area contributed by atoms with Gasteiger partial charge in [0.2, 0.25) is 0 Å². The molecular weight excluding hydrogens is 464 g/mol. The summed E-state index contributed by atoms with van der Waals surface area (Å²) in [6.07, 6.45) is 3.54. The molecule has 1 radical (unpaired) electrons. The van der Waals surface area contributed by atoms with E-state index >= 15 is 0 Å². The average Bonchev–Trinajstić information content (AvgIpc) is 2.23. The van der Waals surface area contributed by atoms with E-state index in [2.05, 4.69) is 83.6 Å². The predicted octanol–water partition coefficient (Wildman–Crippen LogP) is 6.52. The number of halogens is 4. The quantitative estimate of drug-likeness (QED) is 0.343. The van der Waals surface area contributed by atoms with Gasteiger partial charge in [0.25, 0.3) is 0 Å². The lowest BCUT2D eigenvalue weighted by Crippen LogP contribution is -2.01. The van der Waals surface area contributed by atoms with E-state index < -0.39 is 0 Å². The van der Waals surface area contributed by atoms with Crippen LogP contribution in [0.15, 0.2) is 17.9 Å². The largest absolute Gasteiger partial charge is 0.0654 e. The average molecular weight is 477 g/mol. The van der Waals surface area contributed by atoms with Crippen LogP contribution in [0.2, 0.25) is 0 Å². The highest BCUT2D eigenvalue weighted by molar-refractivity contribution is 9.15. The third-order valence-electron chi connectivity index (χ3n) is 2.44. The van der Waals surface area contributed by atoms with Gasteiger partial charge < -0.3 is 0 Å². The van der Waals surface area contributed by atoms with Gasteiger partial charge in [-0.15, -0.1) is 0 Å². The number of hydrogen-bond acceptors (Lipinski definition) is 0. The van der Waals surface area contributed by atoms with E-state index in [1.807, 2.05) is 0 Å². The molecule has 1 aromatic carbocycles. The fourth-order valence-corrected chi connectivity index (χ4v) is 3.82. The first-order chi connectivity index (χ1) is 7.47. The molecule has 1 aromatic rings. The van der Waals surface area contributed by atoms with Crippen LogP contribution < -0.4 is 0 Å². The summed E-state index contributed by atoms with van der Waals surface area (Å²) in [5.41, 5.74) is 1.22. The zero-order chi connectivity index (χ0) is 12.3. The predicted molar refractivity (Wildman–Crippen MR) is 83.9 cm³/mol. The summed E-state index contributed by atoms with van der Waals surface area (Å²) in [5.74, 6) is 0.692. The van der Waals surface area contributed by atoms with Crippen LogP contribution in [0.25, 0.3) is 0 Å². The molecule has 0 saturated carbocycles. The first-order valence-electron chi connectivity index (χ1n) is 5.21. The normalized spacial score (nSPS) is 12.9. The Morgan fingerprint density at radius 2 is 1.69 bits per heavy atom. The van der Waals surface area contributed by atoms with Crippen molar-refractivity contribution in [3.05, 3.63) is 29.5 Å². The summed E-state index contributed by atoms with van der Waals surface area (Å²) < 4.78 is 4.13. The topological polar surface area (TPSA) is 0 Å². The molecule has 0 nitrogen and oxygen atoms in total. The molecule has 1 unspecified atom stereocenters. The van der Waals surface area contributed by atoms with Gasteiger partial charge in [0.1, 0.15) is 0 Å². The smallest absolute Gasteiger partial charge is 0.0477 e. The second-order valence-corrected chi connectivity index (χ2v) is 7.13. The maximum absolute atomic E-state index is 3.62. The van der Waals surface area contributed by atoms with Gasteiger partial charge in [0.15, 0.2) is 0 Å². The van der Waals surface area contributed by atoms with E-state index in [0.717, 1.165) is 24.3 Å². The molecule has 4 heteroatoms. The van der Waals surface area contributed by atoms with Crippen molar-refractivity contribution >= 4 is 63.7 Å². The summed E-state index contributed by atoms with van der Waals surface area (Å²) in [7, 11) is 0. The van der Waals surface area contributed by atoms with Crippen molar-refractivity contribution in [2.24, 2.45) is 5.92 Å². The van der Waals surface area contributed by atoms with Gasteiger partial charge in [-0.1, -0.05) is 26.7 Å². The third kappa shape index (κ3) is 3.82. The molecule has 16 heavy (non-hydrogen) atoms. The minimum atomic E-state index is 0.692. The van der Waals surface area contributed by atoms with Crippen LogP contribution in [0.3, 0.4) is 0 Å². The maximum Gasteiger partial charge on any atom is 0.0477 e. The zero-order valence-corrected chi connectivity index (χ0v) is 15.6. The van der Waals surface area contributed by atoms with Gasteiger partial charge in [-0.25, -0.2) is 0 Å². The lowest BCUT2D eigenvalue weighted by Gasteiger charge is -2.14. The van der Waals surface area contributed by atoms with E-state index in [9.17, 15) is 0 Å². The van der Waals surface area contributed by atoms with Crippen molar-refractivity contribution < 1.29 is 0 Å². The molecular formula is C12H13Br4. The monoisotopic (exact) mass is 473 g/mol. The maximum atomic E-state index is 3.62. The Morgan fingerprint density at radius 1 is 1.06 bits per heavy atom. The summed E-state index contributed by atoms with van der Waals surface area (Å²) in [4.78, 5) is 0. The van der Waals surface area contributed by atoms with Crippen molar-refractivity contribution in [3.8, 4) is 0 Å².